The maximum absolute atomic E-state index is 13.6. The molecule has 0 unspecified atom stereocenters. The lowest BCUT2D eigenvalue weighted by Crippen LogP contribution is -2.32. The summed E-state index contributed by atoms with van der Waals surface area (Å²) in [6.07, 6.45) is 4.29. The molecule has 1 aromatic carbocycles. The van der Waals surface area contributed by atoms with Crippen LogP contribution in [0, 0.1) is 5.82 Å². The maximum Gasteiger partial charge on any atom is 0.256 e. The summed E-state index contributed by atoms with van der Waals surface area (Å²) in [6.45, 7) is 1.45. The van der Waals surface area contributed by atoms with Crippen LogP contribution in [0.25, 0.3) is 0 Å². The molecule has 0 saturated carbocycles. The molecule has 1 aromatic rings. The van der Waals surface area contributed by atoms with Crippen molar-refractivity contribution in [3.63, 3.8) is 0 Å². The molecule has 1 fully saturated rings. The van der Waals surface area contributed by atoms with Gasteiger partial charge in [-0.15, -0.1) is 0 Å². The maximum atomic E-state index is 13.6. The molecule has 0 spiro atoms. The monoisotopic (exact) mass is 255 g/mol. The van der Waals surface area contributed by atoms with Crippen LogP contribution in [0.2, 0.25) is 5.02 Å². The number of hydrogen-bond acceptors (Lipinski definition) is 1. The molecular formula is C13H15ClFNO. The fraction of sp³-hybridized carbons (Fsp3) is 0.462. The van der Waals surface area contributed by atoms with Gasteiger partial charge in [0.05, 0.1) is 5.56 Å². The third-order valence-electron chi connectivity index (χ3n) is 3.05. The number of amides is 1. The lowest BCUT2D eigenvalue weighted by molar-refractivity contribution is 0.0757. The predicted molar refractivity (Wildman–Crippen MR) is 65.8 cm³/mol. The number of nitrogens with zero attached hydrogens (tertiary/aromatic N) is 1. The third-order valence-corrected chi connectivity index (χ3v) is 3.29. The van der Waals surface area contributed by atoms with Gasteiger partial charge in [-0.25, -0.2) is 4.39 Å². The summed E-state index contributed by atoms with van der Waals surface area (Å²) >= 11 is 5.67. The van der Waals surface area contributed by atoms with Gasteiger partial charge in [0.1, 0.15) is 5.82 Å². The van der Waals surface area contributed by atoms with Gasteiger partial charge in [0.2, 0.25) is 0 Å². The molecule has 1 saturated heterocycles. The molecule has 2 rings (SSSR count). The summed E-state index contributed by atoms with van der Waals surface area (Å²) < 4.78 is 13.6. The number of likely N-dealkylation sites (tertiary alicyclic amines) is 1. The number of hydrogen-bond donors (Lipinski definition) is 0. The molecule has 4 heteroatoms. The van der Waals surface area contributed by atoms with Gasteiger partial charge in [-0.3, -0.25) is 4.79 Å². The highest BCUT2D eigenvalue weighted by molar-refractivity contribution is 6.30. The van der Waals surface area contributed by atoms with Gasteiger partial charge in [-0.05, 0) is 31.0 Å². The predicted octanol–water partition coefficient (Wildman–Crippen LogP) is 3.50. The van der Waals surface area contributed by atoms with Gasteiger partial charge in [-0.1, -0.05) is 24.4 Å². The Balaban J connectivity index is 2.17. The zero-order chi connectivity index (χ0) is 12.3. The number of halogens is 2. The Bertz CT molecular complexity index is 414. The lowest BCUT2D eigenvalue weighted by atomic mass is 10.2. The average Bonchev–Trinajstić information content (AvgIpc) is 2.56. The van der Waals surface area contributed by atoms with Crippen molar-refractivity contribution in [2.45, 2.75) is 25.7 Å². The van der Waals surface area contributed by atoms with Gasteiger partial charge in [0.25, 0.3) is 5.91 Å². The quantitative estimate of drug-likeness (QED) is 0.752. The first-order valence-electron chi connectivity index (χ1n) is 5.93. The van der Waals surface area contributed by atoms with E-state index < -0.39 is 5.82 Å². The first-order chi connectivity index (χ1) is 8.18. The highest BCUT2D eigenvalue weighted by atomic mass is 35.5. The Hall–Kier alpha value is -1.09. The zero-order valence-electron chi connectivity index (χ0n) is 9.59. The van der Waals surface area contributed by atoms with Crippen LogP contribution in [0.3, 0.4) is 0 Å². The van der Waals surface area contributed by atoms with Crippen LogP contribution in [0.15, 0.2) is 18.2 Å². The number of rotatable bonds is 1. The largest absolute Gasteiger partial charge is 0.339 e. The van der Waals surface area contributed by atoms with E-state index in [-0.39, 0.29) is 11.5 Å². The normalized spacial score (nSPS) is 16.7. The summed E-state index contributed by atoms with van der Waals surface area (Å²) in [6, 6.07) is 4.20. The van der Waals surface area contributed by atoms with E-state index in [9.17, 15) is 9.18 Å². The topological polar surface area (TPSA) is 20.3 Å². The van der Waals surface area contributed by atoms with Crippen molar-refractivity contribution in [1.29, 1.82) is 0 Å². The molecule has 0 radical (unpaired) electrons. The smallest absolute Gasteiger partial charge is 0.256 e. The van der Waals surface area contributed by atoms with Crippen LogP contribution in [0.4, 0.5) is 4.39 Å². The van der Waals surface area contributed by atoms with Gasteiger partial charge in [0, 0.05) is 18.1 Å². The summed E-state index contributed by atoms with van der Waals surface area (Å²) in [5.74, 6) is -0.757. The second-order valence-corrected chi connectivity index (χ2v) is 4.77. The van der Waals surface area contributed by atoms with Gasteiger partial charge in [0.15, 0.2) is 0 Å². The van der Waals surface area contributed by atoms with E-state index in [4.69, 9.17) is 11.6 Å². The summed E-state index contributed by atoms with van der Waals surface area (Å²) in [5, 5.41) is 0.315. The molecule has 17 heavy (non-hydrogen) atoms. The van der Waals surface area contributed by atoms with Crippen molar-refractivity contribution in [2.75, 3.05) is 13.1 Å². The van der Waals surface area contributed by atoms with Crippen molar-refractivity contribution >= 4 is 17.5 Å². The van der Waals surface area contributed by atoms with Gasteiger partial charge >= 0.3 is 0 Å². The standard InChI is InChI=1S/C13H15ClFNO/c14-10-5-6-11(12(15)9-10)13(17)16-7-3-1-2-4-8-16/h5-6,9H,1-4,7-8H2. The van der Waals surface area contributed by atoms with Crippen LogP contribution in [0.5, 0.6) is 0 Å². The van der Waals surface area contributed by atoms with E-state index in [1.54, 1.807) is 11.0 Å². The molecule has 2 nitrogen and oxygen atoms in total. The van der Waals surface area contributed by atoms with Crippen molar-refractivity contribution < 1.29 is 9.18 Å². The van der Waals surface area contributed by atoms with E-state index in [0.717, 1.165) is 38.8 Å². The zero-order valence-corrected chi connectivity index (χ0v) is 10.3. The summed E-state index contributed by atoms with van der Waals surface area (Å²) in [7, 11) is 0. The Labute approximate surface area is 105 Å². The molecule has 0 aliphatic carbocycles. The molecule has 0 N–H and O–H groups in total. The molecule has 0 bridgehead atoms. The SMILES string of the molecule is O=C(c1ccc(Cl)cc1F)N1CCCCCC1. The second-order valence-electron chi connectivity index (χ2n) is 4.33. The van der Waals surface area contributed by atoms with Crippen LogP contribution in [-0.2, 0) is 0 Å². The van der Waals surface area contributed by atoms with E-state index in [0.29, 0.717) is 5.02 Å². The molecule has 92 valence electrons. The molecule has 1 amide bonds. The van der Waals surface area contributed by atoms with E-state index in [1.165, 1.54) is 12.1 Å². The van der Waals surface area contributed by atoms with E-state index in [1.807, 2.05) is 0 Å². The third kappa shape index (κ3) is 2.97. The molecule has 0 atom stereocenters. The van der Waals surface area contributed by atoms with Crippen LogP contribution < -0.4 is 0 Å². The van der Waals surface area contributed by atoms with Crippen LogP contribution in [-0.4, -0.2) is 23.9 Å². The number of carbonyl (C=O) groups excluding carboxylic acids is 1. The molecule has 1 aliphatic heterocycles. The van der Waals surface area contributed by atoms with Crippen molar-refractivity contribution in [1.82, 2.24) is 4.90 Å². The molecule has 0 aromatic heterocycles. The average molecular weight is 256 g/mol. The van der Waals surface area contributed by atoms with Crippen LogP contribution >= 0.6 is 11.6 Å². The minimum atomic E-state index is -0.535. The van der Waals surface area contributed by atoms with Gasteiger partial charge < -0.3 is 4.90 Å². The van der Waals surface area contributed by atoms with Crippen molar-refractivity contribution in [2.24, 2.45) is 0 Å². The van der Waals surface area contributed by atoms with Crippen molar-refractivity contribution in [3.8, 4) is 0 Å². The van der Waals surface area contributed by atoms with Crippen LogP contribution in [0.1, 0.15) is 36.0 Å². The second kappa shape index (κ2) is 5.50. The Morgan fingerprint density at radius 2 is 1.82 bits per heavy atom. The highest BCUT2D eigenvalue weighted by Gasteiger charge is 2.20. The Kier molecular flexibility index (Phi) is 4.00. The Morgan fingerprint density at radius 1 is 1.18 bits per heavy atom. The van der Waals surface area contributed by atoms with Crippen molar-refractivity contribution in [3.05, 3.63) is 34.6 Å². The van der Waals surface area contributed by atoms with E-state index >= 15 is 0 Å². The Morgan fingerprint density at radius 3 is 2.41 bits per heavy atom. The minimum absolute atomic E-state index is 0.122. The van der Waals surface area contributed by atoms with E-state index in [2.05, 4.69) is 0 Å². The molecular weight excluding hydrogens is 241 g/mol. The fourth-order valence-electron chi connectivity index (χ4n) is 2.11. The summed E-state index contributed by atoms with van der Waals surface area (Å²) in [5.41, 5.74) is 0.122. The lowest BCUT2D eigenvalue weighted by Gasteiger charge is -2.20. The number of carbonyl (C=O) groups is 1. The summed E-state index contributed by atoms with van der Waals surface area (Å²) in [4.78, 5) is 13.9. The minimum Gasteiger partial charge on any atom is -0.339 e. The molecule has 1 aliphatic rings. The molecule has 1 heterocycles. The highest BCUT2D eigenvalue weighted by Crippen LogP contribution is 2.18. The first kappa shape index (κ1) is 12.4. The number of benzene rings is 1. The first-order valence-corrected chi connectivity index (χ1v) is 6.30. The van der Waals surface area contributed by atoms with Gasteiger partial charge in [-0.2, -0.15) is 0 Å². The fourth-order valence-corrected chi connectivity index (χ4v) is 2.27.